The Morgan fingerprint density at radius 3 is 2.86 bits per heavy atom. The van der Waals surface area contributed by atoms with Crippen LogP contribution in [0.15, 0.2) is 23.4 Å². The lowest BCUT2D eigenvalue weighted by molar-refractivity contribution is -0.113. The highest BCUT2D eigenvalue weighted by Gasteiger charge is 2.27. The van der Waals surface area contributed by atoms with Crippen molar-refractivity contribution >= 4 is 51.5 Å². The molecule has 2 atom stereocenters. The van der Waals surface area contributed by atoms with Crippen molar-refractivity contribution in [3.8, 4) is 5.75 Å². The molecule has 36 heavy (non-hydrogen) atoms. The summed E-state index contributed by atoms with van der Waals surface area (Å²) in [6.07, 6.45) is 2.39. The fraction of sp³-hybridized carbons (Fsp3) is 0.440. The number of aromatic nitrogens is 3. The molecule has 1 aliphatic rings. The molecule has 0 aliphatic heterocycles. The van der Waals surface area contributed by atoms with Crippen molar-refractivity contribution in [1.29, 1.82) is 0 Å². The van der Waals surface area contributed by atoms with E-state index in [1.165, 1.54) is 23.1 Å². The summed E-state index contributed by atoms with van der Waals surface area (Å²) in [6.45, 7) is 8.65. The van der Waals surface area contributed by atoms with E-state index in [2.05, 4.69) is 22.4 Å². The molecule has 8 nitrogen and oxygen atoms in total. The first-order valence-corrected chi connectivity index (χ1v) is 14.1. The van der Waals surface area contributed by atoms with Crippen LogP contribution in [0.5, 0.6) is 5.75 Å². The number of amides is 2. The number of thiophene rings is 1. The molecule has 0 saturated carbocycles. The third-order valence-corrected chi connectivity index (χ3v) is 8.77. The number of thioether (sulfide) groups is 1. The summed E-state index contributed by atoms with van der Waals surface area (Å²) in [6, 6.07) is 5.51. The van der Waals surface area contributed by atoms with Crippen LogP contribution >= 0.6 is 34.7 Å². The van der Waals surface area contributed by atoms with E-state index < -0.39 is 5.91 Å². The molecule has 11 heteroatoms. The lowest BCUT2D eigenvalue weighted by Crippen LogP contribution is -2.20. The Kier molecular flexibility index (Phi) is 8.27. The topological polar surface area (TPSA) is 112 Å². The summed E-state index contributed by atoms with van der Waals surface area (Å²) < 4.78 is 8.00. The minimum atomic E-state index is -0.495. The highest BCUT2D eigenvalue weighted by molar-refractivity contribution is 7.99. The Morgan fingerprint density at radius 1 is 1.39 bits per heavy atom. The third-order valence-electron chi connectivity index (χ3n) is 6.21. The summed E-state index contributed by atoms with van der Waals surface area (Å²) in [5, 5.41) is 13.4. The number of nitrogens with two attached hydrogens (primary N) is 1. The van der Waals surface area contributed by atoms with Crippen molar-refractivity contribution < 1.29 is 14.3 Å². The lowest BCUT2D eigenvalue weighted by atomic mass is 9.88. The minimum Gasteiger partial charge on any atom is -0.483 e. The van der Waals surface area contributed by atoms with E-state index in [-0.39, 0.29) is 17.8 Å². The number of halogens is 1. The monoisotopic (exact) mass is 547 g/mol. The molecule has 0 bridgehead atoms. The number of nitrogens with zero attached hydrogens (tertiary/aromatic N) is 3. The van der Waals surface area contributed by atoms with Gasteiger partial charge >= 0.3 is 0 Å². The number of aryl methyl sites for hydroxylation is 1. The Labute approximate surface area is 224 Å². The standard InChI is InChI=1S/C25H30ClN5O3S2/c1-5-31-23(15(4)34-16-7-9-18(26)14(3)11-16)29-30-25(31)35-12-20(32)28-24-21(22(27)33)17-8-6-13(2)10-19(17)36-24/h7,9,11,13,15H,5-6,8,10,12H2,1-4H3,(H2,27,33)(H,28,32). The number of primary amides is 1. The molecule has 192 valence electrons. The molecule has 2 unspecified atom stereocenters. The Hall–Kier alpha value is -2.56. The number of hydrogen-bond acceptors (Lipinski definition) is 7. The summed E-state index contributed by atoms with van der Waals surface area (Å²) in [7, 11) is 0. The van der Waals surface area contributed by atoms with Crippen LogP contribution in [0.25, 0.3) is 0 Å². The number of nitrogens with one attached hydrogen (secondary N) is 1. The van der Waals surface area contributed by atoms with Gasteiger partial charge < -0.3 is 20.4 Å². The number of ether oxygens (including phenoxy) is 1. The van der Waals surface area contributed by atoms with Crippen molar-refractivity contribution in [2.24, 2.45) is 11.7 Å². The van der Waals surface area contributed by atoms with Crippen molar-refractivity contribution in [2.45, 2.75) is 64.8 Å². The van der Waals surface area contributed by atoms with E-state index in [0.717, 1.165) is 35.3 Å². The predicted octanol–water partition coefficient (Wildman–Crippen LogP) is 5.42. The molecule has 2 heterocycles. The van der Waals surface area contributed by atoms with E-state index in [9.17, 15) is 9.59 Å². The van der Waals surface area contributed by atoms with Crippen LogP contribution in [0.3, 0.4) is 0 Å². The second kappa shape index (κ2) is 11.2. The van der Waals surface area contributed by atoms with Gasteiger partial charge in [0.1, 0.15) is 10.8 Å². The quantitative estimate of drug-likeness (QED) is 0.346. The van der Waals surface area contributed by atoms with Gasteiger partial charge in [0.15, 0.2) is 17.1 Å². The molecule has 0 fully saturated rings. The number of hydrogen-bond donors (Lipinski definition) is 2. The summed E-state index contributed by atoms with van der Waals surface area (Å²) in [5.74, 6) is 1.33. The minimum absolute atomic E-state index is 0.126. The number of benzene rings is 1. The van der Waals surface area contributed by atoms with Gasteiger partial charge in [0.25, 0.3) is 5.91 Å². The van der Waals surface area contributed by atoms with E-state index in [4.69, 9.17) is 22.1 Å². The smallest absolute Gasteiger partial charge is 0.251 e. The number of fused-ring (bicyclic) bond motifs is 1. The van der Waals surface area contributed by atoms with Gasteiger partial charge in [-0.25, -0.2) is 0 Å². The summed E-state index contributed by atoms with van der Waals surface area (Å²) in [5.41, 5.74) is 8.06. The van der Waals surface area contributed by atoms with Gasteiger partial charge in [-0.2, -0.15) is 0 Å². The van der Waals surface area contributed by atoms with Crippen LogP contribution in [0, 0.1) is 12.8 Å². The van der Waals surface area contributed by atoms with Gasteiger partial charge in [-0.05, 0) is 75.3 Å². The first-order valence-electron chi connectivity index (χ1n) is 11.9. The van der Waals surface area contributed by atoms with Crippen LogP contribution in [0.2, 0.25) is 5.02 Å². The average Bonchev–Trinajstić information content (AvgIpc) is 3.40. The van der Waals surface area contributed by atoms with Crippen molar-refractivity contribution in [3.63, 3.8) is 0 Å². The van der Waals surface area contributed by atoms with Gasteiger partial charge in [-0.3, -0.25) is 9.59 Å². The largest absolute Gasteiger partial charge is 0.483 e. The zero-order chi connectivity index (χ0) is 26.0. The Morgan fingerprint density at radius 2 is 2.17 bits per heavy atom. The maximum atomic E-state index is 12.8. The van der Waals surface area contributed by atoms with Crippen LogP contribution in [-0.4, -0.2) is 32.3 Å². The third kappa shape index (κ3) is 5.71. The van der Waals surface area contributed by atoms with Crippen molar-refractivity contribution in [1.82, 2.24) is 14.8 Å². The van der Waals surface area contributed by atoms with E-state index in [0.29, 0.717) is 44.8 Å². The maximum absolute atomic E-state index is 12.8. The Balaban J connectivity index is 1.42. The SMILES string of the molecule is CCn1c(SCC(=O)Nc2sc3c(c2C(N)=O)CCC(C)C3)nnc1C(C)Oc1ccc(Cl)c(C)c1. The van der Waals surface area contributed by atoms with Crippen LogP contribution < -0.4 is 15.8 Å². The molecule has 2 amide bonds. The molecule has 1 aromatic carbocycles. The summed E-state index contributed by atoms with van der Waals surface area (Å²) in [4.78, 5) is 26.1. The van der Waals surface area contributed by atoms with Crippen LogP contribution in [-0.2, 0) is 24.2 Å². The molecule has 3 aromatic rings. The second-order valence-corrected chi connectivity index (χ2v) is 11.5. The molecule has 1 aliphatic carbocycles. The normalized spacial score (nSPS) is 15.9. The van der Waals surface area contributed by atoms with Crippen LogP contribution in [0.4, 0.5) is 5.00 Å². The molecule has 3 N–H and O–H groups in total. The van der Waals surface area contributed by atoms with Crippen molar-refractivity contribution in [2.75, 3.05) is 11.1 Å². The summed E-state index contributed by atoms with van der Waals surface area (Å²) >= 11 is 8.87. The molecule has 2 aromatic heterocycles. The number of anilines is 1. The average molecular weight is 548 g/mol. The molecule has 4 rings (SSSR count). The first kappa shape index (κ1) is 26.5. The van der Waals surface area contributed by atoms with Gasteiger partial charge in [-0.15, -0.1) is 21.5 Å². The molecule has 0 spiro atoms. The zero-order valence-corrected chi connectivity index (χ0v) is 23.1. The predicted molar refractivity (Wildman–Crippen MR) is 144 cm³/mol. The fourth-order valence-electron chi connectivity index (χ4n) is 4.34. The lowest BCUT2D eigenvalue weighted by Gasteiger charge is -2.18. The zero-order valence-electron chi connectivity index (χ0n) is 20.8. The number of rotatable bonds is 9. The number of carbonyl (C=O) groups excluding carboxylic acids is 2. The van der Waals surface area contributed by atoms with Crippen LogP contribution in [0.1, 0.15) is 65.5 Å². The van der Waals surface area contributed by atoms with Gasteiger partial charge in [0.2, 0.25) is 5.91 Å². The van der Waals surface area contributed by atoms with Gasteiger partial charge in [-0.1, -0.05) is 30.3 Å². The molecule has 0 radical (unpaired) electrons. The highest BCUT2D eigenvalue weighted by atomic mass is 35.5. The molecular weight excluding hydrogens is 518 g/mol. The maximum Gasteiger partial charge on any atom is 0.251 e. The fourth-order valence-corrected chi connectivity index (χ4v) is 6.70. The van der Waals surface area contributed by atoms with Gasteiger partial charge in [0, 0.05) is 16.4 Å². The van der Waals surface area contributed by atoms with Crippen molar-refractivity contribution in [3.05, 3.63) is 50.6 Å². The van der Waals surface area contributed by atoms with E-state index in [1.807, 2.05) is 37.5 Å². The number of carbonyl (C=O) groups is 2. The van der Waals surface area contributed by atoms with E-state index in [1.54, 1.807) is 6.07 Å². The van der Waals surface area contributed by atoms with Gasteiger partial charge in [0.05, 0.1) is 11.3 Å². The first-order chi connectivity index (χ1) is 17.2. The second-order valence-electron chi connectivity index (χ2n) is 9.01. The highest BCUT2D eigenvalue weighted by Crippen LogP contribution is 2.39. The molecule has 0 saturated heterocycles. The Bertz CT molecular complexity index is 1290. The van der Waals surface area contributed by atoms with E-state index >= 15 is 0 Å². The molecular formula is C25H30ClN5O3S2.